The monoisotopic (exact) mass is 508 g/mol. The Labute approximate surface area is 215 Å². The Hall–Kier alpha value is -0.320. The van der Waals surface area contributed by atoms with Gasteiger partial charge in [-0.15, -0.1) is 0 Å². The Bertz CT molecular complexity index is 371. The highest BCUT2D eigenvalue weighted by atomic mass is 16.6. The van der Waals surface area contributed by atoms with Crippen LogP contribution in [0, 0.1) is 0 Å². The van der Waals surface area contributed by atoms with Crippen molar-refractivity contribution in [3.63, 3.8) is 0 Å². The van der Waals surface area contributed by atoms with Gasteiger partial charge in [0.2, 0.25) is 0 Å². The number of unbranched alkanes of at least 4 members (excludes halogenated alkanes) is 7. The molecule has 8 heteroatoms. The van der Waals surface area contributed by atoms with E-state index in [2.05, 4.69) is 6.92 Å². The molecule has 35 heavy (non-hydrogen) atoms. The lowest BCUT2D eigenvalue weighted by Gasteiger charge is -2.09. The first-order valence-electron chi connectivity index (χ1n) is 13.9. The molecular weight excluding hydrogens is 452 g/mol. The van der Waals surface area contributed by atoms with Gasteiger partial charge in [-0.3, -0.25) is 0 Å². The fourth-order valence-electron chi connectivity index (χ4n) is 3.10. The van der Waals surface area contributed by atoms with E-state index in [1.807, 2.05) is 13.8 Å². The average Bonchev–Trinajstić information content (AvgIpc) is 2.85. The molecule has 0 aromatic rings. The van der Waals surface area contributed by atoms with E-state index in [1.165, 1.54) is 44.9 Å². The van der Waals surface area contributed by atoms with E-state index < -0.39 is 0 Å². The maximum atomic E-state index is 5.61. The molecule has 0 N–H and O–H groups in total. The lowest BCUT2D eigenvalue weighted by Crippen LogP contribution is -2.15. The molecule has 0 aromatic carbocycles. The Morgan fingerprint density at radius 2 is 0.629 bits per heavy atom. The largest absolute Gasteiger partial charge is 0.379 e. The minimum atomic E-state index is 0.243. The molecule has 0 radical (unpaired) electrons. The predicted molar refractivity (Wildman–Crippen MR) is 139 cm³/mol. The molecule has 0 aliphatic carbocycles. The summed E-state index contributed by atoms with van der Waals surface area (Å²) in [6.45, 7) is 15.2. The lowest BCUT2D eigenvalue weighted by atomic mass is 10.1. The summed E-state index contributed by atoms with van der Waals surface area (Å²) in [5, 5.41) is 0. The van der Waals surface area contributed by atoms with Gasteiger partial charge in [0.1, 0.15) is 0 Å². The van der Waals surface area contributed by atoms with E-state index in [4.69, 9.17) is 37.9 Å². The maximum Gasteiger partial charge on any atom is 0.0703 e. The van der Waals surface area contributed by atoms with E-state index in [9.17, 15) is 0 Å². The van der Waals surface area contributed by atoms with Gasteiger partial charge in [0.05, 0.1) is 98.6 Å². The maximum absolute atomic E-state index is 5.61. The van der Waals surface area contributed by atoms with Gasteiger partial charge in [0.25, 0.3) is 0 Å². The smallest absolute Gasteiger partial charge is 0.0703 e. The molecule has 0 aliphatic heterocycles. The number of rotatable bonds is 31. The molecule has 0 heterocycles. The van der Waals surface area contributed by atoms with Crippen LogP contribution in [-0.4, -0.2) is 105 Å². The van der Waals surface area contributed by atoms with Crippen LogP contribution in [0.2, 0.25) is 0 Å². The van der Waals surface area contributed by atoms with E-state index in [1.54, 1.807) is 0 Å². The van der Waals surface area contributed by atoms with Crippen LogP contribution in [0.1, 0.15) is 72.1 Å². The molecule has 0 spiro atoms. The van der Waals surface area contributed by atoms with Crippen molar-refractivity contribution in [2.24, 2.45) is 0 Å². The second-order valence-corrected chi connectivity index (χ2v) is 8.68. The third kappa shape index (κ3) is 33.7. The summed E-state index contributed by atoms with van der Waals surface area (Å²) in [5.41, 5.74) is 0. The number of hydrogen-bond donors (Lipinski definition) is 0. The fraction of sp³-hybridized carbons (Fsp3) is 1.00. The van der Waals surface area contributed by atoms with Crippen molar-refractivity contribution in [2.45, 2.75) is 78.2 Å². The molecule has 0 saturated carbocycles. The van der Waals surface area contributed by atoms with Crippen molar-refractivity contribution in [2.75, 3.05) is 99.1 Å². The van der Waals surface area contributed by atoms with Crippen molar-refractivity contribution in [3.05, 3.63) is 0 Å². The van der Waals surface area contributed by atoms with Crippen molar-refractivity contribution in [3.8, 4) is 0 Å². The van der Waals surface area contributed by atoms with E-state index in [0.717, 1.165) is 13.0 Å². The summed E-state index contributed by atoms with van der Waals surface area (Å²) >= 11 is 0. The van der Waals surface area contributed by atoms with Crippen LogP contribution < -0.4 is 0 Å². The summed E-state index contributed by atoms with van der Waals surface area (Å²) in [6, 6.07) is 0. The zero-order valence-corrected chi connectivity index (χ0v) is 23.1. The van der Waals surface area contributed by atoms with Gasteiger partial charge in [0.15, 0.2) is 0 Å². The van der Waals surface area contributed by atoms with Gasteiger partial charge in [-0.25, -0.2) is 0 Å². The first kappa shape index (κ1) is 34.7. The van der Waals surface area contributed by atoms with Crippen LogP contribution in [0.25, 0.3) is 0 Å². The molecular formula is C27H56O8. The minimum absolute atomic E-state index is 0.243. The van der Waals surface area contributed by atoms with Gasteiger partial charge in [-0.2, -0.15) is 0 Å². The van der Waals surface area contributed by atoms with E-state index in [-0.39, 0.29) is 6.10 Å². The highest BCUT2D eigenvalue weighted by Gasteiger charge is 1.96. The Morgan fingerprint density at radius 3 is 0.971 bits per heavy atom. The second-order valence-electron chi connectivity index (χ2n) is 8.68. The van der Waals surface area contributed by atoms with E-state index >= 15 is 0 Å². The minimum Gasteiger partial charge on any atom is -0.379 e. The van der Waals surface area contributed by atoms with Gasteiger partial charge in [-0.05, 0) is 20.3 Å². The molecule has 0 unspecified atom stereocenters. The van der Waals surface area contributed by atoms with E-state index in [0.29, 0.717) is 92.5 Å². The van der Waals surface area contributed by atoms with Gasteiger partial charge in [0, 0.05) is 6.61 Å². The highest BCUT2D eigenvalue weighted by Crippen LogP contribution is 2.08. The van der Waals surface area contributed by atoms with Crippen LogP contribution in [0.4, 0.5) is 0 Å². The molecule has 0 atom stereocenters. The highest BCUT2D eigenvalue weighted by molar-refractivity contribution is 4.46. The summed E-state index contributed by atoms with van der Waals surface area (Å²) in [5.74, 6) is 0. The second kappa shape index (κ2) is 31.7. The molecule has 0 aliphatic rings. The third-order valence-corrected chi connectivity index (χ3v) is 5.05. The quantitative estimate of drug-likeness (QED) is 0.125. The predicted octanol–water partition coefficient (Wildman–Crippen LogP) is 4.67. The third-order valence-electron chi connectivity index (χ3n) is 5.05. The van der Waals surface area contributed by atoms with Crippen molar-refractivity contribution in [1.82, 2.24) is 0 Å². The summed E-state index contributed by atoms with van der Waals surface area (Å²) in [6.07, 6.45) is 10.8. The summed E-state index contributed by atoms with van der Waals surface area (Å²) in [4.78, 5) is 0. The molecule has 0 bridgehead atoms. The number of hydrogen-bond acceptors (Lipinski definition) is 8. The topological polar surface area (TPSA) is 73.8 Å². The van der Waals surface area contributed by atoms with Gasteiger partial charge < -0.3 is 37.9 Å². The zero-order valence-electron chi connectivity index (χ0n) is 23.1. The van der Waals surface area contributed by atoms with Crippen LogP contribution in [0.5, 0.6) is 0 Å². The molecule has 212 valence electrons. The standard InChI is InChI=1S/C27H56O8/c1-4-5-6-7-8-9-10-11-12-28-13-14-29-15-16-30-17-18-31-19-20-32-21-22-33-23-24-34-25-26-35-27(2)3/h27H,4-26H2,1-3H3. The lowest BCUT2D eigenvalue weighted by molar-refractivity contribution is -0.0256. The first-order chi connectivity index (χ1) is 17.3. The molecule has 8 nitrogen and oxygen atoms in total. The van der Waals surface area contributed by atoms with Crippen molar-refractivity contribution < 1.29 is 37.9 Å². The van der Waals surface area contributed by atoms with Crippen molar-refractivity contribution >= 4 is 0 Å². The molecule has 0 rings (SSSR count). The molecule has 0 fully saturated rings. The summed E-state index contributed by atoms with van der Waals surface area (Å²) in [7, 11) is 0. The SMILES string of the molecule is CCCCCCCCCCOCCOCCOCCOCCOCCOCCOCCOC(C)C. The molecule has 0 saturated heterocycles. The molecule has 0 aromatic heterocycles. The first-order valence-corrected chi connectivity index (χ1v) is 13.9. The Morgan fingerprint density at radius 1 is 0.343 bits per heavy atom. The van der Waals surface area contributed by atoms with Crippen molar-refractivity contribution in [1.29, 1.82) is 0 Å². The normalized spacial score (nSPS) is 11.7. The van der Waals surface area contributed by atoms with Gasteiger partial charge in [-0.1, -0.05) is 51.9 Å². The van der Waals surface area contributed by atoms with Crippen LogP contribution >= 0.6 is 0 Å². The zero-order chi connectivity index (χ0) is 25.5. The van der Waals surface area contributed by atoms with Gasteiger partial charge >= 0.3 is 0 Å². The van der Waals surface area contributed by atoms with Crippen LogP contribution in [0.3, 0.4) is 0 Å². The Balaban J connectivity index is 3.01. The Kier molecular flexibility index (Phi) is 31.4. The fourth-order valence-corrected chi connectivity index (χ4v) is 3.10. The molecule has 0 amide bonds. The number of ether oxygens (including phenoxy) is 8. The van der Waals surface area contributed by atoms with Crippen LogP contribution in [0.15, 0.2) is 0 Å². The average molecular weight is 509 g/mol. The summed E-state index contributed by atoms with van der Waals surface area (Å²) < 4.78 is 43.8. The van der Waals surface area contributed by atoms with Crippen LogP contribution in [-0.2, 0) is 37.9 Å².